The second-order valence-electron chi connectivity index (χ2n) is 6.60. The molecule has 2 rings (SSSR count). The molecule has 1 fully saturated rings. The van der Waals surface area contributed by atoms with Crippen molar-refractivity contribution in [1.29, 1.82) is 0 Å². The van der Waals surface area contributed by atoms with E-state index < -0.39 is 5.60 Å². The van der Waals surface area contributed by atoms with Crippen molar-refractivity contribution in [3.05, 3.63) is 23.7 Å². The number of ether oxygens (including phenoxy) is 1. The van der Waals surface area contributed by atoms with Crippen LogP contribution >= 0.6 is 0 Å². The maximum atomic E-state index is 12.6. The lowest BCUT2D eigenvalue weighted by Crippen LogP contribution is -2.45. The molecule has 1 aliphatic carbocycles. The van der Waals surface area contributed by atoms with Gasteiger partial charge in [-0.25, -0.2) is 0 Å². The van der Waals surface area contributed by atoms with Gasteiger partial charge in [0.2, 0.25) is 5.91 Å². The lowest BCUT2D eigenvalue weighted by molar-refractivity contribution is -0.133. The third-order valence-corrected chi connectivity index (χ3v) is 4.69. The Labute approximate surface area is 132 Å². The summed E-state index contributed by atoms with van der Waals surface area (Å²) in [6.45, 7) is 4.22. The van der Waals surface area contributed by atoms with Crippen molar-refractivity contribution in [2.75, 3.05) is 20.3 Å². The first kappa shape index (κ1) is 17.0. The minimum Gasteiger partial charge on any atom is -0.463 e. The van der Waals surface area contributed by atoms with Crippen molar-refractivity contribution >= 4 is 5.91 Å². The molecule has 1 aromatic rings. The van der Waals surface area contributed by atoms with E-state index in [1.807, 2.05) is 13.0 Å². The molecule has 124 valence electrons. The van der Waals surface area contributed by atoms with Crippen LogP contribution in [0.3, 0.4) is 0 Å². The molecule has 5 heteroatoms. The molecule has 1 aromatic heterocycles. The van der Waals surface area contributed by atoms with Crippen molar-refractivity contribution in [2.45, 2.75) is 51.6 Å². The summed E-state index contributed by atoms with van der Waals surface area (Å²) >= 11 is 0. The van der Waals surface area contributed by atoms with Gasteiger partial charge in [-0.1, -0.05) is 12.8 Å². The monoisotopic (exact) mass is 309 g/mol. The summed E-state index contributed by atoms with van der Waals surface area (Å²) < 4.78 is 10.6. The molecule has 22 heavy (non-hydrogen) atoms. The van der Waals surface area contributed by atoms with Crippen molar-refractivity contribution in [1.82, 2.24) is 5.32 Å². The van der Waals surface area contributed by atoms with Gasteiger partial charge in [-0.15, -0.1) is 0 Å². The van der Waals surface area contributed by atoms with Gasteiger partial charge in [0.25, 0.3) is 0 Å². The van der Waals surface area contributed by atoms with Gasteiger partial charge < -0.3 is 19.6 Å². The van der Waals surface area contributed by atoms with E-state index in [2.05, 4.69) is 5.32 Å². The highest BCUT2D eigenvalue weighted by atomic mass is 16.5. The fraction of sp³-hybridized carbons (Fsp3) is 0.706. The van der Waals surface area contributed by atoms with Crippen LogP contribution in [0.25, 0.3) is 0 Å². The summed E-state index contributed by atoms with van der Waals surface area (Å²) in [5.74, 6) is 1.24. The Morgan fingerprint density at radius 1 is 1.45 bits per heavy atom. The molecular weight excluding hydrogens is 282 g/mol. The van der Waals surface area contributed by atoms with Gasteiger partial charge in [-0.3, -0.25) is 4.79 Å². The number of carbonyl (C=O) groups excluding carboxylic acids is 1. The van der Waals surface area contributed by atoms with Crippen LogP contribution in [0, 0.1) is 12.3 Å². The first-order valence-electron chi connectivity index (χ1n) is 7.96. The van der Waals surface area contributed by atoms with Crippen molar-refractivity contribution in [2.24, 2.45) is 5.41 Å². The zero-order valence-corrected chi connectivity index (χ0v) is 13.8. The predicted molar refractivity (Wildman–Crippen MR) is 83.4 cm³/mol. The van der Waals surface area contributed by atoms with E-state index in [-0.39, 0.29) is 17.9 Å². The highest BCUT2D eigenvalue weighted by Crippen LogP contribution is 2.41. The van der Waals surface area contributed by atoms with E-state index in [9.17, 15) is 9.90 Å². The van der Waals surface area contributed by atoms with Crippen LogP contribution in [0.5, 0.6) is 0 Å². The quantitative estimate of drug-likeness (QED) is 0.812. The van der Waals surface area contributed by atoms with Gasteiger partial charge in [0, 0.05) is 13.7 Å². The second kappa shape index (κ2) is 6.84. The number of carbonyl (C=O) groups is 1. The van der Waals surface area contributed by atoms with Crippen LogP contribution in [-0.2, 0) is 15.1 Å². The lowest BCUT2D eigenvalue weighted by Gasteiger charge is -2.29. The van der Waals surface area contributed by atoms with Crippen molar-refractivity contribution < 1.29 is 19.1 Å². The third kappa shape index (κ3) is 3.70. The van der Waals surface area contributed by atoms with Gasteiger partial charge in [0.1, 0.15) is 17.1 Å². The second-order valence-corrected chi connectivity index (χ2v) is 6.60. The first-order valence-corrected chi connectivity index (χ1v) is 7.96. The highest BCUT2D eigenvalue weighted by Gasteiger charge is 2.41. The maximum Gasteiger partial charge on any atom is 0.226 e. The number of nitrogens with one attached hydrogen (secondary N) is 1. The topological polar surface area (TPSA) is 71.7 Å². The van der Waals surface area contributed by atoms with Crippen molar-refractivity contribution in [3.8, 4) is 0 Å². The molecule has 0 radical (unpaired) electrons. The summed E-state index contributed by atoms with van der Waals surface area (Å²) in [4.78, 5) is 12.6. The molecule has 0 aromatic carbocycles. The van der Waals surface area contributed by atoms with Gasteiger partial charge in [0.15, 0.2) is 0 Å². The number of amides is 1. The number of hydrogen-bond acceptors (Lipinski definition) is 4. The largest absolute Gasteiger partial charge is 0.463 e. The van der Waals surface area contributed by atoms with E-state index in [0.29, 0.717) is 12.4 Å². The zero-order valence-electron chi connectivity index (χ0n) is 13.8. The number of methoxy groups -OCH3 is 1. The van der Waals surface area contributed by atoms with E-state index >= 15 is 0 Å². The normalized spacial score (nSPS) is 19.8. The number of furan rings is 1. The molecule has 1 saturated carbocycles. The Morgan fingerprint density at radius 3 is 2.68 bits per heavy atom. The number of aliphatic hydroxyl groups is 1. The van der Waals surface area contributed by atoms with Crippen molar-refractivity contribution in [3.63, 3.8) is 0 Å². The lowest BCUT2D eigenvalue weighted by atomic mass is 9.81. The summed E-state index contributed by atoms with van der Waals surface area (Å²) in [7, 11) is 1.66. The summed E-state index contributed by atoms with van der Waals surface area (Å²) in [6, 6.07) is 3.56. The average molecular weight is 309 g/mol. The Hall–Kier alpha value is -1.33. The Kier molecular flexibility index (Phi) is 5.29. The van der Waals surface area contributed by atoms with E-state index in [0.717, 1.165) is 37.9 Å². The average Bonchev–Trinajstić information content (AvgIpc) is 3.12. The van der Waals surface area contributed by atoms with Crippen LogP contribution in [-0.4, -0.2) is 31.3 Å². The first-order chi connectivity index (χ1) is 10.4. The van der Waals surface area contributed by atoms with Crippen LogP contribution in [0.2, 0.25) is 0 Å². The molecule has 0 saturated heterocycles. The number of rotatable bonds is 7. The number of aryl methyl sites for hydroxylation is 1. The predicted octanol–water partition coefficient (Wildman–Crippen LogP) is 2.51. The van der Waals surface area contributed by atoms with Crippen LogP contribution in [0.1, 0.15) is 50.5 Å². The molecule has 1 amide bonds. The smallest absolute Gasteiger partial charge is 0.226 e. The Morgan fingerprint density at radius 2 is 2.14 bits per heavy atom. The molecule has 1 atom stereocenters. The third-order valence-electron chi connectivity index (χ3n) is 4.69. The van der Waals surface area contributed by atoms with Gasteiger partial charge in [-0.05, 0) is 45.2 Å². The molecule has 5 nitrogen and oxygen atoms in total. The molecule has 1 heterocycles. The number of hydrogen-bond donors (Lipinski definition) is 2. The summed E-state index contributed by atoms with van der Waals surface area (Å²) in [5, 5.41) is 13.4. The molecular formula is C17H27NO4. The van der Waals surface area contributed by atoms with E-state index in [4.69, 9.17) is 9.15 Å². The SMILES string of the molecule is COCCC1(C(=O)NCC(C)(O)c2ccc(C)o2)CCCC1. The Bertz CT molecular complexity index is 501. The van der Waals surface area contributed by atoms with Crippen LogP contribution in [0.15, 0.2) is 16.5 Å². The molecule has 0 bridgehead atoms. The Balaban J connectivity index is 1.98. The maximum absolute atomic E-state index is 12.6. The molecule has 0 spiro atoms. The molecule has 0 aliphatic heterocycles. The van der Waals surface area contributed by atoms with Gasteiger partial charge in [0.05, 0.1) is 12.0 Å². The molecule has 2 N–H and O–H groups in total. The summed E-state index contributed by atoms with van der Waals surface area (Å²) in [5.41, 5.74) is -1.55. The minimum absolute atomic E-state index is 0.0191. The minimum atomic E-state index is -1.20. The van der Waals surface area contributed by atoms with E-state index in [1.54, 1.807) is 20.1 Å². The van der Waals surface area contributed by atoms with Gasteiger partial charge >= 0.3 is 0 Å². The standard InChI is InChI=1S/C17H27NO4/c1-13-6-7-14(22-13)16(2,20)12-18-15(19)17(10-11-21-3)8-4-5-9-17/h6-7,20H,4-5,8-12H2,1-3H3,(H,18,19). The fourth-order valence-electron chi connectivity index (χ4n) is 3.19. The molecule has 1 aliphatic rings. The zero-order chi connectivity index (χ0) is 16.2. The van der Waals surface area contributed by atoms with Crippen LogP contribution < -0.4 is 5.32 Å². The van der Waals surface area contributed by atoms with E-state index in [1.165, 1.54) is 0 Å². The summed E-state index contributed by atoms with van der Waals surface area (Å²) in [6.07, 6.45) is 4.67. The fourth-order valence-corrected chi connectivity index (χ4v) is 3.19. The van der Waals surface area contributed by atoms with Crippen LogP contribution in [0.4, 0.5) is 0 Å². The van der Waals surface area contributed by atoms with Gasteiger partial charge in [-0.2, -0.15) is 0 Å². The highest BCUT2D eigenvalue weighted by molar-refractivity contribution is 5.83. The molecule has 1 unspecified atom stereocenters.